The van der Waals surface area contributed by atoms with Crippen LogP contribution in [0.1, 0.15) is 24.8 Å². The second kappa shape index (κ2) is 11.5. The second-order valence-corrected chi connectivity index (χ2v) is 11.8. The van der Waals surface area contributed by atoms with E-state index < -0.39 is 15.4 Å². The molecule has 0 unspecified atom stereocenters. The molecule has 3 aromatic rings. The maximum absolute atomic E-state index is 13.5. The van der Waals surface area contributed by atoms with Gasteiger partial charge in [-0.1, -0.05) is 66.2 Å². The van der Waals surface area contributed by atoms with Crippen LogP contribution < -0.4 is 4.74 Å². The largest absolute Gasteiger partial charge is 0.493 e. The van der Waals surface area contributed by atoms with Gasteiger partial charge in [0.2, 0.25) is 15.9 Å². The molecule has 0 bridgehead atoms. The predicted molar refractivity (Wildman–Crippen MR) is 141 cm³/mol. The highest BCUT2D eigenvalue weighted by atomic mass is 35.5. The standard InChI is InChI=1S/C28H31ClN2O4S/c1-30(20-23-10-4-2-5-11-23)27(32)19-28(22-35-25-13-6-3-7-14-25)16-9-17-31(21-28)36(33,34)26-15-8-12-24(29)18-26/h2-8,10-15,18H,9,16-17,19-22H2,1H3/t28-/m0/s1. The molecule has 1 amide bonds. The second-order valence-electron chi connectivity index (χ2n) is 9.41. The highest BCUT2D eigenvalue weighted by Gasteiger charge is 2.43. The summed E-state index contributed by atoms with van der Waals surface area (Å²) in [6, 6.07) is 25.5. The van der Waals surface area contributed by atoms with Crippen molar-refractivity contribution in [2.75, 3.05) is 26.7 Å². The summed E-state index contributed by atoms with van der Waals surface area (Å²) in [4.78, 5) is 15.2. The minimum Gasteiger partial charge on any atom is -0.493 e. The highest BCUT2D eigenvalue weighted by molar-refractivity contribution is 7.89. The van der Waals surface area contributed by atoms with Crippen molar-refractivity contribution in [1.29, 1.82) is 0 Å². The van der Waals surface area contributed by atoms with Crippen molar-refractivity contribution >= 4 is 27.5 Å². The summed E-state index contributed by atoms with van der Waals surface area (Å²) in [5, 5.41) is 0.365. The van der Waals surface area contributed by atoms with E-state index in [1.165, 1.54) is 10.4 Å². The Labute approximate surface area is 218 Å². The Hall–Kier alpha value is -2.87. The zero-order chi connectivity index (χ0) is 25.6. The van der Waals surface area contributed by atoms with E-state index >= 15 is 0 Å². The topological polar surface area (TPSA) is 66.9 Å². The molecule has 190 valence electrons. The fourth-order valence-corrected chi connectivity index (χ4v) is 6.50. The smallest absolute Gasteiger partial charge is 0.243 e. The minimum atomic E-state index is -3.77. The molecule has 1 aliphatic rings. The van der Waals surface area contributed by atoms with Crippen LogP contribution >= 0.6 is 11.6 Å². The van der Waals surface area contributed by atoms with E-state index in [2.05, 4.69) is 0 Å². The summed E-state index contributed by atoms with van der Waals surface area (Å²) in [5.41, 5.74) is 0.374. The van der Waals surface area contributed by atoms with Gasteiger partial charge in [-0.05, 0) is 48.7 Å². The van der Waals surface area contributed by atoms with Crippen molar-refractivity contribution in [2.45, 2.75) is 30.7 Å². The van der Waals surface area contributed by atoms with Crippen LogP contribution in [0.4, 0.5) is 0 Å². The molecule has 36 heavy (non-hydrogen) atoms. The van der Waals surface area contributed by atoms with Gasteiger partial charge in [-0.3, -0.25) is 4.79 Å². The number of carbonyl (C=O) groups is 1. The van der Waals surface area contributed by atoms with Gasteiger partial charge < -0.3 is 9.64 Å². The van der Waals surface area contributed by atoms with Crippen molar-refractivity contribution in [1.82, 2.24) is 9.21 Å². The average molecular weight is 527 g/mol. The normalized spacial score (nSPS) is 18.5. The molecule has 1 fully saturated rings. The molecule has 8 heteroatoms. The van der Waals surface area contributed by atoms with Crippen LogP contribution in [-0.4, -0.2) is 50.3 Å². The molecule has 1 saturated heterocycles. The maximum atomic E-state index is 13.5. The van der Waals surface area contributed by atoms with Crippen molar-refractivity contribution < 1.29 is 17.9 Å². The number of rotatable bonds is 9. The summed E-state index contributed by atoms with van der Waals surface area (Å²) in [5.74, 6) is 0.648. The molecule has 3 aromatic carbocycles. The lowest BCUT2D eigenvalue weighted by molar-refractivity contribution is -0.134. The van der Waals surface area contributed by atoms with Gasteiger partial charge in [-0.15, -0.1) is 0 Å². The van der Waals surface area contributed by atoms with Crippen molar-refractivity contribution in [2.24, 2.45) is 5.41 Å². The zero-order valence-corrected chi connectivity index (χ0v) is 21.9. The van der Waals surface area contributed by atoms with E-state index in [4.69, 9.17) is 16.3 Å². The molecule has 0 radical (unpaired) electrons. The van der Waals surface area contributed by atoms with Crippen LogP contribution in [0.25, 0.3) is 0 Å². The molecule has 0 aliphatic carbocycles. The van der Waals surface area contributed by atoms with Crippen molar-refractivity contribution in [3.8, 4) is 5.75 Å². The average Bonchev–Trinajstić information content (AvgIpc) is 2.89. The number of para-hydroxylation sites is 1. The first-order valence-electron chi connectivity index (χ1n) is 12.0. The van der Waals surface area contributed by atoms with Crippen LogP contribution in [0.3, 0.4) is 0 Å². The zero-order valence-electron chi connectivity index (χ0n) is 20.3. The van der Waals surface area contributed by atoms with Gasteiger partial charge in [0.25, 0.3) is 0 Å². The number of halogens is 1. The highest BCUT2D eigenvalue weighted by Crippen LogP contribution is 2.37. The first-order chi connectivity index (χ1) is 17.3. The minimum absolute atomic E-state index is 0.0440. The first kappa shape index (κ1) is 26.2. The maximum Gasteiger partial charge on any atom is 0.243 e. The fourth-order valence-electron chi connectivity index (χ4n) is 4.61. The number of nitrogens with zero attached hydrogens (tertiary/aromatic N) is 2. The van der Waals surface area contributed by atoms with Crippen LogP contribution in [0.2, 0.25) is 5.02 Å². The summed E-state index contributed by atoms with van der Waals surface area (Å²) in [7, 11) is -1.99. The van der Waals surface area contributed by atoms with Gasteiger partial charge in [0.15, 0.2) is 0 Å². The lowest BCUT2D eigenvalue weighted by Gasteiger charge is -2.42. The van der Waals surface area contributed by atoms with E-state index in [1.807, 2.05) is 60.7 Å². The van der Waals surface area contributed by atoms with Gasteiger partial charge >= 0.3 is 0 Å². The van der Waals surface area contributed by atoms with Gasteiger partial charge in [-0.25, -0.2) is 8.42 Å². The van der Waals surface area contributed by atoms with Crippen LogP contribution in [-0.2, 0) is 21.4 Å². The van der Waals surface area contributed by atoms with E-state index in [1.54, 1.807) is 30.1 Å². The molecule has 0 saturated carbocycles. The molecular formula is C28H31ClN2O4S. The number of carbonyl (C=O) groups excluding carboxylic acids is 1. The number of benzene rings is 3. The quantitative estimate of drug-likeness (QED) is 0.382. The summed E-state index contributed by atoms with van der Waals surface area (Å²) in [6.45, 7) is 1.30. The Morgan fingerprint density at radius 2 is 1.72 bits per heavy atom. The third-order valence-corrected chi connectivity index (χ3v) is 8.64. The summed E-state index contributed by atoms with van der Waals surface area (Å²) in [6.07, 6.45) is 1.50. The number of hydrogen-bond donors (Lipinski definition) is 0. The van der Waals surface area contributed by atoms with Gasteiger partial charge in [0.05, 0.1) is 11.5 Å². The third-order valence-electron chi connectivity index (χ3n) is 6.56. The van der Waals surface area contributed by atoms with E-state index in [0.29, 0.717) is 36.7 Å². The Bertz CT molecular complexity index is 1270. The summed E-state index contributed by atoms with van der Waals surface area (Å²) < 4.78 is 34.6. The molecule has 6 nitrogen and oxygen atoms in total. The Balaban J connectivity index is 1.57. The van der Waals surface area contributed by atoms with Gasteiger partial charge in [0.1, 0.15) is 5.75 Å². The van der Waals surface area contributed by atoms with E-state index in [9.17, 15) is 13.2 Å². The van der Waals surface area contributed by atoms with Crippen molar-refractivity contribution in [3.63, 3.8) is 0 Å². The Morgan fingerprint density at radius 1 is 1.03 bits per heavy atom. The molecular weight excluding hydrogens is 496 g/mol. The monoisotopic (exact) mass is 526 g/mol. The Kier molecular flexibility index (Phi) is 8.34. The summed E-state index contributed by atoms with van der Waals surface area (Å²) >= 11 is 6.08. The van der Waals surface area contributed by atoms with Crippen molar-refractivity contribution in [3.05, 3.63) is 95.5 Å². The van der Waals surface area contributed by atoms with E-state index in [-0.39, 0.29) is 30.4 Å². The third kappa shape index (κ3) is 6.46. The molecule has 0 aromatic heterocycles. The van der Waals surface area contributed by atoms with Crippen LogP contribution in [0.15, 0.2) is 89.8 Å². The molecule has 0 N–H and O–H groups in total. The fraction of sp³-hybridized carbons (Fsp3) is 0.321. The number of hydrogen-bond acceptors (Lipinski definition) is 4. The van der Waals surface area contributed by atoms with Crippen LogP contribution in [0.5, 0.6) is 5.75 Å². The molecule has 1 atom stereocenters. The van der Waals surface area contributed by atoms with E-state index in [0.717, 1.165) is 5.56 Å². The van der Waals surface area contributed by atoms with Crippen LogP contribution in [0, 0.1) is 5.41 Å². The number of sulfonamides is 1. The number of amides is 1. The lowest BCUT2D eigenvalue weighted by Crippen LogP contribution is -2.50. The molecule has 4 rings (SSSR count). The first-order valence-corrected chi connectivity index (χ1v) is 13.8. The predicted octanol–water partition coefficient (Wildman–Crippen LogP) is 5.24. The molecule has 1 aliphatic heterocycles. The van der Waals surface area contributed by atoms with Gasteiger partial charge in [-0.2, -0.15) is 4.31 Å². The van der Waals surface area contributed by atoms with Gasteiger partial charge in [0, 0.05) is 43.5 Å². The molecule has 0 spiro atoms. The lowest BCUT2D eigenvalue weighted by atomic mass is 9.78. The number of ether oxygens (including phenoxy) is 1. The number of piperidine rings is 1. The SMILES string of the molecule is CN(Cc1ccccc1)C(=O)C[C@@]1(COc2ccccc2)CCCN(S(=O)(=O)c2cccc(Cl)c2)C1. The Morgan fingerprint density at radius 3 is 2.42 bits per heavy atom. The molecule has 1 heterocycles.